The Labute approximate surface area is 163 Å². The summed E-state index contributed by atoms with van der Waals surface area (Å²) in [5.74, 6) is -0.0716. The first-order valence-corrected chi connectivity index (χ1v) is 11.4. The molecule has 3 nitrogen and oxygen atoms in total. The smallest absolute Gasteiger partial charge is 0.305 e. The van der Waals surface area contributed by atoms with Crippen molar-refractivity contribution in [1.29, 1.82) is 0 Å². The first-order valence-electron chi connectivity index (χ1n) is 11.4. The van der Waals surface area contributed by atoms with Crippen LogP contribution in [-0.2, 0) is 9.53 Å². The van der Waals surface area contributed by atoms with Crippen LogP contribution < -0.4 is 0 Å². The number of methoxy groups -OCH3 is 1. The summed E-state index contributed by atoms with van der Waals surface area (Å²) in [4.78, 5) is 11.0. The third-order valence-corrected chi connectivity index (χ3v) is 5.23. The van der Waals surface area contributed by atoms with Crippen molar-refractivity contribution in [1.82, 2.24) is 0 Å². The molecule has 0 spiro atoms. The Hall–Kier alpha value is -0.570. The van der Waals surface area contributed by atoms with Crippen LogP contribution in [0.1, 0.15) is 129 Å². The van der Waals surface area contributed by atoms with Crippen molar-refractivity contribution in [2.75, 3.05) is 7.11 Å². The summed E-state index contributed by atoms with van der Waals surface area (Å²) < 4.78 is 4.64. The lowest BCUT2D eigenvalue weighted by Gasteiger charge is -2.05. The summed E-state index contributed by atoms with van der Waals surface area (Å²) >= 11 is 0. The Morgan fingerprint density at radius 3 is 1.27 bits per heavy atom. The van der Waals surface area contributed by atoms with E-state index in [0.29, 0.717) is 6.42 Å². The van der Waals surface area contributed by atoms with E-state index in [2.05, 4.69) is 4.74 Å². The fraction of sp³-hybridized carbons (Fsp3) is 0.957. The monoisotopic (exact) mass is 370 g/mol. The van der Waals surface area contributed by atoms with Crippen LogP contribution in [0.3, 0.4) is 0 Å². The van der Waals surface area contributed by atoms with Gasteiger partial charge in [-0.2, -0.15) is 0 Å². The van der Waals surface area contributed by atoms with Gasteiger partial charge in [0.1, 0.15) is 0 Å². The number of hydrogen-bond donors (Lipinski definition) is 1. The van der Waals surface area contributed by atoms with Crippen molar-refractivity contribution in [3.05, 3.63) is 0 Å². The summed E-state index contributed by atoms with van der Waals surface area (Å²) in [5.41, 5.74) is 0. The van der Waals surface area contributed by atoms with Crippen molar-refractivity contribution in [3.63, 3.8) is 0 Å². The Morgan fingerprint density at radius 1 is 0.654 bits per heavy atom. The zero-order valence-electron chi connectivity index (χ0n) is 17.8. The minimum atomic E-state index is -0.118. The van der Waals surface area contributed by atoms with Gasteiger partial charge in [0.2, 0.25) is 0 Å². The molecule has 156 valence electrons. The first-order chi connectivity index (χ1) is 12.7. The second kappa shape index (κ2) is 20.7. The van der Waals surface area contributed by atoms with E-state index in [4.69, 9.17) is 0 Å². The Morgan fingerprint density at radius 2 is 0.962 bits per heavy atom. The number of unbranched alkanes of at least 4 members (excludes halogenated alkanes) is 16. The topological polar surface area (TPSA) is 46.5 Å². The summed E-state index contributed by atoms with van der Waals surface area (Å²) in [7, 11) is 1.46. The molecule has 0 bridgehead atoms. The predicted molar refractivity (Wildman–Crippen MR) is 111 cm³/mol. The molecule has 0 amide bonds. The van der Waals surface area contributed by atoms with Gasteiger partial charge in [-0.1, -0.05) is 103 Å². The van der Waals surface area contributed by atoms with Gasteiger partial charge in [-0.15, -0.1) is 0 Å². The molecule has 1 unspecified atom stereocenters. The van der Waals surface area contributed by atoms with E-state index in [1.807, 2.05) is 6.92 Å². The standard InChI is InChI=1S/C23H46O3/c1-22(24)20-18-16-14-12-10-8-6-4-3-5-7-9-11-13-15-17-19-21-23(25)26-2/h22,24H,3-21H2,1-2H3. The molecule has 1 N–H and O–H groups in total. The molecular weight excluding hydrogens is 324 g/mol. The maximum absolute atomic E-state index is 11.0. The van der Waals surface area contributed by atoms with E-state index in [1.54, 1.807) is 0 Å². The second-order valence-electron chi connectivity index (χ2n) is 7.97. The lowest BCUT2D eigenvalue weighted by Crippen LogP contribution is -1.99. The number of rotatable bonds is 20. The van der Waals surface area contributed by atoms with Crippen molar-refractivity contribution < 1.29 is 14.6 Å². The van der Waals surface area contributed by atoms with Crippen molar-refractivity contribution >= 4 is 5.97 Å². The molecule has 0 aliphatic carbocycles. The molecule has 0 saturated carbocycles. The molecule has 0 saturated heterocycles. The zero-order valence-corrected chi connectivity index (χ0v) is 17.8. The number of esters is 1. The van der Waals surface area contributed by atoms with Crippen molar-refractivity contribution in [3.8, 4) is 0 Å². The van der Waals surface area contributed by atoms with Crippen LogP contribution in [0.5, 0.6) is 0 Å². The molecule has 0 aromatic heterocycles. The lowest BCUT2D eigenvalue weighted by atomic mass is 10.0. The maximum atomic E-state index is 11.0. The summed E-state index contributed by atoms with van der Waals surface area (Å²) in [6, 6.07) is 0. The molecule has 0 fully saturated rings. The van der Waals surface area contributed by atoms with Crippen LogP contribution in [0.2, 0.25) is 0 Å². The van der Waals surface area contributed by atoms with E-state index in [1.165, 1.54) is 103 Å². The van der Waals surface area contributed by atoms with Crippen LogP contribution in [-0.4, -0.2) is 24.3 Å². The first kappa shape index (κ1) is 25.4. The second-order valence-corrected chi connectivity index (χ2v) is 7.97. The average Bonchev–Trinajstić information content (AvgIpc) is 2.63. The number of aliphatic hydroxyl groups excluding tert-OH is 1. The molecule has 0 radical (unpaired) electrons. The Bertz CT molecular complexity index is 289. The Kier molecular flexibility index (Phi) is 20.3. The van der Waals surface area contributed by atoms with Gasteiger partial charge in [-0.05, 0) is 19.8 Å². The summed E-state index contributed by atoms with van der Waals surface area (Å²) in [6.07, 6.45) is 23.9. The zero-order chi connectivity index (χ0) is 19.3. The highest BCUT2D eigenvalue weighted by atomic mass is 16.5. The van der Waals surface area contributed by atoms with E-state index in [-0.39, 0.29) is 12.1 Å². The quantitative estimate of drug-likeness (QED) is 0.186. The van der Waals surface area contributed by atoms with Crippen LogP contribution in [0, 0.1) is 0 Å². The highest BCUT2D eigenvalue weighted by Crippen LogP contribution is 2.14. The molecule has 0 aromatic rings. The van der Waals surface area contributed by atoms with E-state index >= 15 is 0 Å². The highest BCUT2D eigenvalue weighted by Gasteiger charge is 1.99. The number of aliphatic hydroxyl groups is 1. The number of carbonyl (C=O) groups is 1. The lowest BCUT2D eigenvalue weighted by molar-refractivity contribution is -0.140. The van der Waals surface area contributed by atoms with Gasteiger partial charge < -0.3 is 9.84 Å². The minimum Gasteiger partial charge on any atom is -0.469 e. The van der Waals surface area contributed by atoms with Gasteiger partial charge in [-0.25, -0.2) is 0 Å². The SMILES string of the molecule is COC(=O)CCCCCCCCCCCCCCCCCCCC(C)O. The largest absolute Gasteiger partial charge is 0.469 e. The fourth-order valence-corrected chi connectivity index (χ4v) is 3.46. The molecule has 0 aromatic carbocycles. The van der Waals surface area contributed by atoms with E-state index in [0.717, 1.165) is 19.3 Å². The molecule has 26 heavy (non-hydrogen) atoms. The van der Waals surface area contributed by atoms with Crippen molar-refractivity contribution in [2.24, 2.45) is 0 Å². The molecule has 3 heteroatoms. The maximum Gasteiger partial charge on any atom is 0.305 e. The third kappa shape index (κ3) is 21.5. The third-order valence-electron chi connectivity index (χ3n) is 5.23. The van der Waals surface area contributed by atoms with Gasteiger partial charge in [0.05, 0.1) is 13.2 Å². The molecule has 0 heterocycles. The van der Waals surface area contributed by atoms with Gasteiger partial charge in [0, 0.05) is 6.42 Å². The van der Waals surface area contributed by atoms with Gasteiger partial charge in [0.25, 0.3) is 0 Å². The average molecular weight is 371 g/mol. The van der Waals surface area contributed by atoms with Crippen LogP contribution >= 0.6 is 0 Å². The van der Waals surface area contributed by atoms with Gasteiger partial charge in [-0.3, -0.25) is 4.79 Å². The molecule has 1 atom stereocenters. The molecular formula is C23H46O3. The van der Waals surface area contributed by atoms with E-state index in [9.17, 15) is 9.90 Å². The molecule has 0 aliphatic rings. The number of carbonyl (C=O) groups excluding carboxylic acids is 1. The molecule has 0 rings (SSSR count). The number of hydrogen-bond acceptors (Lipinski definition) is 3. The van der Waals surface area contributed by atoms with Crippen LogP contribution in [0.25, 0.3) is 0 Å². The predicted octanol–water partition coefficient (Wildman–Crippen LogP) is 6.95. The summed E-state index contributed by atoms with van der Waals surface area (Å²) in [6.45, 7) is 1.88. The number of ether oxygens (including phenoxy) is 1. The minimum absolute atomic E-state index is 0.0716. The van der Waals surface area contributed by atoms with Gasteiger partial charge in [0.15, 0.2) is 0 Å². The van der Waals surface area contributed by atoms with Crippen LogP contribution in [0.15, 0.2) is 0 Å². The van der Waals surface area contributed by atoms with E-state index < -0.39 is 0 Å². The van der Waals surface area contributed by atoms with Gasteiger partial charge >= 0.3 is 5.97 Å². The normalized spacial score (nSPS) is 12.3. The van der Waals surface area contributed by atoms with Crippen molar-refractivity contribution in [2.45, 2.75) is 135 Å². The van der Waals surface area contributed by atoms with Crippen LogP contribution in [0.4, 0.5) is 0 Å². The fourth-order valence-electron chi connectivity index (χ4n) is 3.46. The summed E-state index contributed by atoms with van der Waals surface area (Å²) in [5, 5.41) is 9.20. The molecule has 0 aliphatic heterocycles. The Balaban J connectivity index is 3.02. The highest BCUT2D eigenvalue weighted by molar-refractivity contribution is 5.68.